The average molecular weight is 256 g/mol. The van der Waals surface area contributed by atoms with Gasteiger partial charge in [-0.3, -0.25) is 9.59 Å². The van der Waals surface area contributed by atoms with Crippen molar-refractivity contribution in [2.75, 3.05) is 14.1 Å². The maximum Gasteiger partial charge on any atom is 0.471 e. The van der Waals surface area contributed by atoms with Gasteiger partial charge in [0, 0.05) is 14.1 Å². The maximum atomic E-state index is 11.9. The Kier molecular flexibility index (Phi) is 4.92. The first-order valence-corrected chi connectivity index (χ1v) is 4.36. The highest BCUT2D eigenvalue weighted by Gasteiger charge is 2.41. The number of carboxylic acids is 1. The molecule has 6 nitrogen and oxygen atoms in total. The molecule has 0 heterocycles. The van der Waals surface area contributed by atoms with Crippen LogP contribution < -0.4 is 5.32 Å². The zero-order chi connectivity index (χ0) is 13.8. The normalized spacial score (nSPS) is 12.8. The first-order chi connectivity index (χ1) is 7.55. The first-order valence-electron chi connectivity index (χ1n) is 4.36. The summed E-state index contributed by atoms with van der Waals surface area (Å²) in [6, 6.07) is -1.90. The van der Waals surface area contributed by atoms with Crippen LogP contribution >= 0.6 is 0 Å². The fraction of sp³-hybridized carbons (Fsp3) is 0.625. The smallest absolute Gasteiger partial charge is 0.471 e. The van der Waals surface area contributed by atoms with Crippen molar-refractivity contribution >= 4 is 17.8 Å². The fourth-order valence-corrected chi connectivity index (χ4v) is 0.797. The number of aliphatic carboxylic acids is 1. The standard InChI is InChI=1S/C8H11F3N2O4/c1-13(2)5(14)3-4(6(15)16)12-7(17)8(9,10)11/h4H,3H2,1-2H3,(H,12,17)(H,15,16)/t4-/m0/s1. The number of nitrogens with zero attached hydrogens (tertiary/aromatic N) is 1. The maximum absolute atomic E-state index is 11.9. The largest absolute Gasteiger partial charge is 0.480 e. The predicted molar refractivity (Wildman–Crippen MR) is 48.9 cm³/mol. The summed E-state index contributed by atoms with van der Waals surface area (Å²) in [7, 11) is 2.62. The van der Waals surface area contributed by atoms with Gasteiger partial charge in [0.2, 0.25) is 5.91 Å². The van der Waals surface area contributed by atoms with E-state index in [2.05, 4.69) is 0 Å². The van der Waals surface area contributed by atoms with Crippen LogP contribution in [0, 0.1) is 0 Å². The quantitative estimate of drug-likeness (QED) is 0.716. The summed E-state index contributed by atoms with van der Waals surface area (Å²) < 4.78 is 35.6. The second kappa shape index (κ2) is 5.51. The van der Waals surface area contributed by atoms with E-state index < -0.39 is 36.4 Å². The zero-order valence-corrected chi connectivity index (χ0v) is 9.04. The molecule has 0 spiro atoms. The van der Waals surface area contributed by atoms with E-state index in [1.54, 1.807) is 0 Å². The topological polar surface area (TPSA) is 86.7 Å². The second-order valence-electron chi connectivity index (χ2n) is 3.35. The van der Waals surface area contributed by atoms with E-state index in [1.165, 1.54) is 19.4 Å². The summed E-state index contributed by atoms with van der Waals surface area (Å²) in [5.41, 5.74) is 0. The van der Waals surface area contributed by atoms with Gasteiger partial charge in [-0.15, -0.1) is 0 Å². The van der Waals surface area contributed by atoms with Gasteiger partial charge in [-0.1, -0.05) is 0 Å². The van der Waals surface area contributed by atoms with Crippen molar-refractivity contribution in [2.45, 2.75) is 18.6 Å². The highest BCUT2D eigenvalue weighted by molar-refractivity contribution is 5.90. The summed E-state index contributed by atoms with van der Waals surface area (Å²) in [6.45, 7) is 0. The van der Waals surface area contributed by atoms with E-state index in [-0.39, 0.29) is 0 Å². The van der Waals surface area contributed by atoms with Crippen LogP contribution in [0.5, 0.6) is 0 Å². The number of halogens is 3. The van der Waals surface area contributed by atoms with Gasteiger partial charge in [0.15, 0.2) is 0 Å². The van der Waals surface area contributed by atoms with Gasteiger partial charge >= 0.3 is 18.1 Å². The summed E-state index contributed by atoms with van der Waals surface area (Å²) in [6.07, 6.45) is -5.93. The molecular weight excluding hydrogens is 245 g/mol. The number of amides is 2. The third-order valence-electron chi connectivity index (χ3n) is 1.74. The van der Waals surface area contributed by atoms with E-state index in [1.807, 2.05) is 0 Å². The van der Waals surface area contributed by atoms with Crippen molar-refractivity contribution in [3.05, 3.63) is 0 Å². The number of hydrogen-bond donors (Lipinski definition) is 2. The molecule has 0 fully saturated rings. The number of hydrogen-bond acceptors (Lipinski definition) is 3. The minimum atomic E-state index is -5.19. The van der Waals surface area contributed by atoms with Gasteiger partial charge in [0.1, 0.15) is 6.04 Å². The molecule has 17 heavy (non-hydrogen) atoms. The van der Waals surface area contributed by atoms with Crippen LogP contribution in [0.15, 0.2) is 0 Å². The van der Waals surface area contributed by atoms with Crippen molar-refractivity contribution in [1.82, 2.24) is 10.2 Å². The first kappa shape index (κ1) is 15.2. The SMILES string of the molecule is CN(C)C(=O)C[C@H](NC(=O)C(F)(F)F)C(=O)O. The minimum absolute atomic E-state index is 0.708. The molecule has 0 bridgehead atoms. The molecule has 0 aromatic rings. The lowest BCUT2D eigenvalue weighted by Crippen LogP contribution is -2.48. The molecule has 0 unspecified atom stereocenters. The van der Waals surface area contributed by atoms with Crippen molar-refractivity contribution < 1.29 is 32.7 Å². The Morgan fingerprint density at radius 2 is 1.76 bits per heavy atom. The van der Waals surface area contributed by atoms with Crippen molar-refractivity contribution in [2.24, 2.45) is 0 Å². The molecule has 0 aliphatic carbocycles. The highest BCUT2D eigenvalue weighted by Crippen LogP contribution is 2.15. The Labute approximate surface area is 94.4 Å². The molecule has 0 saturated heterocycles. The lowest BCUT2D eigenvalue weighted by molar-refractivity contribution is -0.175. The molecule has 2 N–H and O–H groups in total. The van der Waals surface area contributed by atoms with Gasteiger partial charge in [0.25, 0.3) is 0 Å². The molecule has 1 atom stereocenters. The van der Waals surface area contributed by atoms with Crippen LogP contribution in [-0.4, -0.2) is 54.1 Å². The van der Waals surface area contributed by atoms with Crippen LogP contribution in [0.1, 0.15) is 6.42 Å². The molecule has 0 aliphatic heterocycles. The van der Waals surface area contributed by atoms with Gasteiger partial charge in [-0.2, -0.15) is 13.2 Å². The van der Waals surface area contributed by atoms with Gasteiger partial charge < -0.3 is 15.3 Å². The molecule has 0 rings (SSSR count). The molecule has 0 aromatic carbocycles. The number of alkyl halides is 3. The van der Waals surface area contributed by atoms with Gasteiger partial charge in [-0.25, -0.2) is 4.79 Å². The molecule has 2 amide bonds. The Morgan fingerprint density at radius 1 is 1.29 bits per heavy atom. The lowest BCUT2D eigenvalue weighted by Gasteiger charge is -2.17. The third-order valence-corrected chi connectivity index (χ3v) is 1.74. The number of carboxylic acid groups (broad SMARTS) is 1. The molecule has 0 aromatic heterocycles. The molecule has 0 aliphatic rings. The summed E-state index contributed by atoms with van der Waals surface area (Å²) >= 11 is 0. The third kappa shape index (κ3) is 5.18. The summed E-state index contributed by atoms with van der Waals surface area (Å²) in [4.78, 5) is 33.2. The number of rotatable bonds is 4. The Morgan fingerprint density at radius 3 is 2.06 bits per heavy atom. The highest BCUT2D eigenvalue weighted by atomic mass is 19.4. The molecule has 0 radical (unpaired) electrons. The van der Waals surface area contributed by atoms with Crippen LogP contribution in [-0.2, 0) is 14.4 Å². The van der Waals surface area contributed by atoms with Crippen molar-refractivity contribution in [1.29, 1.82) is 0 Å². The fourth-order valence-electron chi connectivity index (χ4n) is 0.797. The van der Waals surface area contributed by atoms with E-state index in [0.717, 1.165) is 4.90 Å². The second-order valence-corrected chi connectivity index (χ2v) is 3.35. The summed E-state index contributed by atoms with van der Waals surface area (Å²) in [5.74, 6) is -4.81. The van der Waals surface area contributed by atoms with E-state index >= 15 is 0 Å². The zero-order valence-electron chi connectivity index (χ0n) is 9.04. The Hall–Kier alpha value is -1.80. The van der Waals surface area contributed by atoms with Crippen LogP contribution in [0.4, 0.5) is 13.2 Å². The minimum Gasteiger partial charge on any atom is -0.480 e. The van der Waals surface area contributed by atoms with Crippen LogP contribution in [0.3, 0.4) is 0 Å². The van der Waals surface area contributed by atoms with E-state index in [4.69, 9.17) is 5.11 Å². The summed E-state index contributed by atoms with van der Waals surface area (Å²) in [5, 5.41) is 9.80. The van der Waals surface area contributed by atoms with Crippen LogP contribution in [0.25, 0.3) is 0 Å². The van der Waals surface area contributed by atoms with E-state index in [0.29, 0.717) is 0 Å². The van der Waals surface area contributed by atoms with Gasteiger partial charge in [0.05, 0.1) is 6.42 Å². The number of carbonyl (C=O) groups is 3. The Bertz CT molecular complexity index is 327. The monoisotopic (exact) mass is 256 g/mol. The predicted octanol–water partition coefficient (Wildman–Crippen LogP) is -0.404. The molecule has 98 valence electrons. The van der Waals surface area contributed by atoms with Gasteiger partial charge in [-0.05, 0) is 0 Å². The number of carbonyl (C=O) groups excluding carboxylic acids is 2. The van der Waals surface area contributed by atoms with Crippen LogP contribution in [0.2, 0.25) is 0 Å². The average Bonchev–Trinajstić information content (AvgIpc) is 2.14. The molecule has 0 saturated carbocycles. The van der Waals surface area contributed by atoms with E-state index in [9.17, 15) is 27.6 Å². The number of nitrogens with one attached hydrogen (secondary N) is 1. The van der Waals surface area contributed by atoms with Crippen molar-refractivity contribution in [3.8, 4) is 0 Å². The van der Waals surface area contributed by atoms with Crippen molar-refractivity contribution in [3.63, 3.8) is 0 Å². The molecule has 9 heteroatoms. The lowest BCUT2D eigenvalue weighted by atomic mass is 10.2. The molecular formula is C8H11F3N2O4. The Balaban J connectivity index is 4.62.